The van der Waals surface area contributed by atoms with Crippen LogP contribution in [0.15, 0.2) is 60.7 Å². The molecular formula is C40H64N2O11. The molecule has 4 N–H and O–H groups in total. The Kier molecular flexibility index (Phi) is 23.7. The third-order valence-corrected chi connectivity index (χ3v) is 8.20. The smallest absolute Gasteiger partial charge is 0.333 e. The lowest BCUT2D eigenvalue weighted by Gasteiger charge is -2.29. The third-order valence-electron chi connectivity index (χ3n) is 8.20. The van der Waals surface area contributed by atoms with E-state index in [0.717, 1.165) is 36.8 Å². The topological polar surface area (TPSA) is 176 Å². The molecule has 5 atom stereocenters. The second-order valence-electron chi connectivity index (χ2n) is 13.9. The first-order valence-electron chi connectivity index (χ1n) is 18.3. The molecule has 1 rings (SSSR count). The van der Waals surface area contributed by atoms with Gasteiger partial charge < -0.3 is 39.4 Å². The first kappa shape index (κ1) is 47.6. The van der Waals surface area contributed by atoms with Crippen molar-refractivity contribution in [3.63, 3.8) is 0 Å². The minimum atomic E-state index is -1.09. The van der Waals surface area contributed by atoms with Gasteiger partial charge >= 0.3 is 17.9 Å². The van der Waals surface area contributed by atoms with Crippen molar-refractivity contribution in [1.29, 1.82) is 0 Å². The maximum absolute atomic E-state index is 11.9. The molecule has 53 heavy (non-hydrogen) atoms. The molecule has 300 valence electrons. The van der Waals surface area contributed by atoms with Crippen molar-refractivity contribution in [3.05, 3.63) is 71.8 Å². The number of carbonyl (C=O) groups excluding carboxylic acids is 3. The average molecular weight is 749 g/mol. The van der Waals surface area contributed by atoms with Crippen LogP contribution in [0.5, 0.6) is 0 Å². The highest BCUT2D eigenvalue weighted by Crippen LogP contribution is 2.16. The van der Waals surface area contributed by atoms with Crippen molar-refractivity contribution in [1.82, 2.24) is 9.80 Å². The Balaban J connectivity index is 3.10. The largest absolute Gasteiger partial charge is 0.460 e. The van der Waals surface area contributed by atoms with E-state index >= 15 is 0 Å². The second kappa shape index (κ2) is 26.4. The van der Waals surface area contributed by atoms with Gasteiger partial charge in [-0.2, -0.15) is 0 Å². The molecule has 0 bridgehead atoms. The highest BCUT2D eigenvalue weighted by atomic mass is 16.6. The van der Waals surface area contributed by atoms with Crippen molar-refractivity contribution in [2.45, 2.75) is 97.8 Å². The van der Waals surface area contributed by atoms with Gasteiger partial charge in [0.05, 0.1) is 12.7 Å². The van der Waals surface area contributed by atoms with Gasteiger partial charge in [0, 0.05) is 62.6 Å². The van der Waals surface area contributed by atoms with E-state index in [2.05, 4.69) is 33.6 Å². The Bertz CT molecular complexity index is 1260. The molecule has 1 aromatic carbocycles. The number of ether oxygens (including phenoxy) is 4. The highest BCUT2D eigenvalue weighted by molar-refractivity contribution is 5.87. The molecule has 0 heterocycles. The fourth-order valence-electron chi connectivity index (χ4n) is 5.47. The van der Waals surface area contributed by atoms with Gasteiger partial charge in [0.25, 0.3) is 0 Å². The zero-order chi connectivity index (χ0) is 39.9. The molecule has 0 spiro atoms. The normalized spacial score (nSPS) is 14.2. The standard InChI is InChI=1S/C40H64N2O11/c1-9-12-31(10-2)15-16-50-24-34(43)20-41(21-35(44)25-51-38(47)28(3)4)18-32-13-11-14-33(17-32)19-42(22-36(45)26-52-39(48)29(5)6)23-37(46)27-53-40(49)30(7)8/h11,13-14,17,31,34-37,43-46H,3,5,7,9-10,12,15-16,18-27H2,1-2,4,6,8H3. The van der Waals surface area contributed by atoms with Crippen LogP contribution in [0.2, 0.25) is 0 Å². The summed E-state index contributed by atoms with van der Waals surface area (Å²) >= 11 is 0. The number of hydrogen-bond donors (Lipinski definition) is 4. The average Bonchev–Trinajstić information content (AvgIpc) is 3.09. The van der Waals surface area contributed by atoms with Gasteiger partial charge in [-0.15, -0.1) is 0 Å². The minimum absolute atomic E-state index is 0.0179. The molecule has 1 aromatic rings. The molecule has 13 heteroatoms. The molecule has 5 unspecified atom stereocenters. The minimum Gasteiger partial charge on any atom is -0.460 e. The van der Waals surface area contributed by atoms with E-state index in [0.29, 0.717) is 19.1 Å². The Hall–Kier alpha value is -3.43. The highest BCUT2D eigenvalue weighted by Gasteiger charge is 2.21. The molecular weight excluding hydrogens is 684 g/mol. The Morgan fingerprint density at radius 1 is 0.642 bits per heavy atom. The van der Waals surface area contributed by atoms with Crippen molar-refractivity contribution in [2.75, 3.05) is 59.2 Å². The lowest BCUT2D eigenvalue weighted by molar-refractivity contribution is -0.143. The van der Waals surface area contributed by atoms with E-state index in [1.807, 2.05) is 29.2 Å². The number of aliphatic hydroxyl groups is 4. The van der Waals surface area contributed by atoms with Crippen LogP contribution in [-0.4, -0.2) is 132 Å². The summed E-state index contributed by atoms with van der Waals surface area (Å²) in [6.45, 7) is 20.3. The van der Waals surface area contributed by atoms with Gasteiger partial charge in [-0.1, -0.05) is 77.1 Å². The van der Waals surface area contributed by atoms with Gasteiger partial charge in [0.15, 0.2) is 0 Å². The molecule has 0 aliphatic rings. The summed E-state index contributed by atoms with van der Waals surface area (Å²) in [5, 5.41) is 43.1. The first-order valence-corrected chi connectivity index (χ1v) is 18.3. The second-order valence-corrected chi connectivity index (χ2v) is 13.9. The van der Waals surface area contributed by atoms with Crippen LogP contribution in [0.25, 0.3) is 0 Å². The van der Waals surface area contributed by atoms with Crippen molar-refractivity contribution in [2.24, 2.45) is 5.92 Å². The summed E-state index contributed by atoms with van der Waals surface area (Å²) in [6, 6.07) is 7.55. The SMILES string of the molecule is C=C(C)C(=O)OCC(O)CN(Cc1cccc(CN(CC(O)COC(=O)C(=C)C)CC(O)COC(=O)C(=C)C)c1)CC(O)COCCC(CC)CCC. The molecule has 0 saturated carbocycles. The summed E-state index contributed by atoms with van der Waals surface area (Å²) < 4.78 is 21.2. The summed E-state index contributed by atoms with van der Waals surface area (Å²) in [7, 11) is 0. The van der Waals surface area contributed by atoms with Crippen LogP contribution in [0.4, 0.5) is 0 Å². The van der Waals surface area contributed by atoms with Crippen molar-refractivity contribution < 1.29 is 53.8 Å². The number of hydrogen-bond acceptors (Lipinski definition) is 13. The summed E-state index contributed by atoms with van der Waals surface area (Å²) in [5.74, 6) is -1.29. The molecule has 0 aliphatic carbocycles. The zero-order valence-electron chi connectivity index (χ0n) is 32.5. The van der Waals surface area contributed by atoms with E-state index in [1.54, 1.807) is 4.90 Å². The van der Waals surface area contributed by atoms with Crippen molar-refractivity contribution >= 4 is 17.9 Å². The van der Waals surface area contributed by atoms with Gasteiger partial charge in [0.2, 0.25) is 0 Å². The van der Waals surface area contributed by atoms with Crippen LogP contribution >= 0.6 is 0 Å². The summed E-state index contributed by atoms with van der Waals surface area (Å²) in [6.07, 6.45) is 0.189. The lowest BCUT2D eigenvalue weighted by atomic mass is 9.98. The van der Waals surface area contributed by atoms with Crippen LogP contribution in [0.3, 0.4) is 0 Å². The Labute approximate surface area is 315 Å². The van der Waals surface area contributed by atoms with Gasteiger partial charge in [-0.25, -0.2) is 14.4 Å². The van der Waals surface area contributed by atoms with E-state index in [4.69, 9.17) is 18.9 Å². The number of carbonyl (C=O) groups is 3. The van der Waals surface area contributed by atoms with E-state index in [-0.39, 0.29) is 75.9 Å². The fraction of sp³-hybridized carbons (Fsp3) is 0.625. The quantitative estimate of drug-likeness (QED) is 0.0407. The number of nitrogens with zero attached hydrogens (tertiary/aromatic N) is 2. The predicted molar refractivity (Wildman–Crippen MR) is 202 cm³/mol. The van der Waals surface area contributed by atoms with Crippen LogP contribution in [0.1, 0.15) is 71.4 Å². The molecule has 0 aliphatic heterocycles. The van der Waals surface area contributed by atoms with E-state index in [1.165, 1.54) is 20.8 Å². The number of aliphatic hydroxyl groups excluding tert-OH is 4. The fourth-order valence-corrected chi connectivity index (χ4v) is 5.47. The van der Waals surface area contributed by atoms with Crippen LogP contribution in [0, 0.1) is 5.92 Å². The number of rotatable bonds is 29. The van der Waals surface area contributed by atoms with Gasteiger partial charge in [-0.3, -0.25) is 9.80 Å². The monoisotopic (exact) mass is 748 g/mol. The molecule has 0 fully saturated rings. The number of esters is 3. The Morgan fingerprint density at radius 2 is 1.02 bits per heavy atom. The lowest BCUT2D eigenvalue weighted by Crippen LogP contribution is -2.41. The zero-order valence-corrected chi connectivity index (χ0v) is 32.5. The maximum atomic E-state index is 11.9. The maximum Gasteiger partial charge on any atom is 0.333 e. The summed E-state index contributed by atoms with van der Waals surface area (Å²) in [4.78, 5) is 39.3. The van der Waals surface area contributed by atoms with E-state index < -0.39 is 42.3 Å². The molecule has 0 aromatic heterocycles. The van der Waals surface area contributed by atoms with Crippen molar-refractivity contribution in [3.8, 4) is 0 Å². The molecule has 0 amide bonds. The van der Waals surface area contributed by atoms with Crippen LogP contribution < -0.4 is 0 Å². The van der Waals surface area contributed by atoms with E-state index in [9.17, 15) is 34.8 Å². The Morgan fingerprint density at radius 3 is 1.36 bits per heavy atom. The summed E-state index contributed by atoms with van der Waals surface area (Å²) in [5.41, 5.74) is 2.28. The molecule has 0 radical (unpaired) electrons. The van der Waals surface area contributed by atoms with Gasteiger partial charge in [0.1, 0.15) is 38.1 Å². The first-order chi connectivity index (χ1) is 25.0. The third kappa shape index (κ3) is 21.8. The van der Waals surface area contributed by atoms with Gasteiger partial charge in [-0.05, 0) is 44.2 Å². The predicted octanol–water partition coefficient (Wildman–Crippen LogP) is 3.33. The number of benzene rings is 1. The molecule has 13 nitrogen and oxygen atoms in total. The van der Waals surface area contributed by atoms with Crippen LogP contribution in [-0.2, 0) is 46.4 Å². The molecule has 0 saturated heterocycles.